The van der Waals surface area contributed by atoms with Gasteiger partial charge in [0.05, 0.1) is 6.61 Å². The second-order valence-corrected chi connectivity index (χ2v) is 5.17. The van der Waals surface area contributed by atoms with Gasteiger partial charge in [0.15, 0.2) is 0 Å². The minimum absolute atomic E-state index is 0.179. The van der Waals surface area contributed by atoms with Crippen LogP contribution in [0.3, 0.4) is 0 Å². The maximum absolute atomic E-state index is 10.9. The van der Waals surface area contributed by atoms with Gasteiger partial charge in [-0.25, -0.2) is 0 Å². The van der Waals surface area contributed by atoms with Crippen molar-refractivity contribution in [3.8, 4) is 0 Å². The Morgan fingerprint density at radius 2 is 1.82 bits per heavy atom. The highest BCUT2D eigenvalue weighted by Crippen LogP contribution is 2.22. The van der Waals surface area contributed by atoms with Crippen molar-refractivity contribution in [3.05, 3.63) is 42.3 Å². The molecule has 1 rings (SSSR count). The monoisotopic (exact) mass is 233 g/mol. The molecule has 0 aliphatic heterocycles. The molecule has 0 amide bonds. The van der Waals surface area contributed by atoms with Gasteiger partial charge < -0.3 is 4.74 Å². The summed E-state index contributed by atoms with van der Waals surface area (Å²) in [7, 11) is 0. The van der Waals surface area contributed by atoms with E-state index >= 15 is 0 Å². The van der Waals surface area contributed by atoms with Crippen molar-refractivity contribution in [2.24, 2.45) is 0 Å². The Balaban J connectivity index is 2.49. The van der Waals surface area contributed by atoms with Crippen molar-refractivity contribution in [2.45, 2.75) is 39.0 Å². The number of carbonyl (C=O) groups excluding carboxylic acids is 1. The van der Waals surface area contributed by atoms with E-state index in [9.17, 15) is 4.79 Å². The van der Waals surface area contributed by atoms with Gasteiger partial charge in [-0.1, -0.05) is 45.0 Å². The Kier molecular flexibility index (Phi) is 4.73. The molecule has 17 heavy (non-hydrogen) atoms. The average molecular weight is 233 g/mol. The van der Waals surface area contributed by atoms with Gasteiger partial charge in [0.2, 0.25) is 0 Å². The van der Waals surface area contributed by atoms with Gasteiger partial charge in [-0.15, -0.1) is 0 Å². The van der Waals surface area contributed by atoms with Crippen LogP contribution in [0.1, 0.15) is 38.3 Å². The molecule has 0 saturated carbocycles. The number of carbonyl (C=O) groups is 1. The number of hydrogen-bond donors (Lipinski definition) is 0. The summed E-state index contributed by atoms with van der Waals surface area (Å²) in [5, 5.41) is 0. The molecule has 93 valence electrons. The summed E-state index contributed by atoms with van der Waals surface area (Å²) in [5.74, 6) is -0.240. The van der Waals surface area contributed by atoms with E-state index < -0.39 is 0 Å². The highest BCUT2D eigenvalue weighted by molar-refractivity contribution is 5.69. The van der Waals surface area contributed by atoms with Crippen molar-refractivity contribution in [3.63, 3.8) is 0 Å². The highest BCUT2D eigenvalue weighted by Gasteiger charge is 2.12. The van der Waals surface area contributed by atoms with E-state index in [1.54, 1.807) is 0 Å². The molecule has 0 spiro atoms. The van der Waals surface area contributed by atoms with Crippen LogP contribution < -0.4 is 0 Å². The van der Waals surface area contributed by atoms with Crippen LogP contribution in [0.5, 0.6) is 0 Å². The molecule has 0 heterocycles. The molecule has 0 aromatic heterocycles. The summed E-state index contributed by atoms with van der Waals surface area (Å²) in [5.41, 5.74) is 2.68. The fourth-order valence-corrected chi connectivity index (χ4v) is 1.53. The number of rotatable bonds is 4. The fourth-order valence-electron chi connectivity index (χ4n) is 1.53. The third-order valence-electron chi connectivity index (χ3n) is 2.68. The second-order valence-electron chi connectivity index (χ2n) is 5.17. The molecule has 0 aliphatic rings. The Bertz CT molecular complexity index is 358. The zero-order valence-electron chi connectivity index (χ0n) is 11.0. The van der Waals surface area contributed by atoms with Crippen molar-refractivity contribution >= 4 is 5.97 Å². The van der Waals surface area contributed by atoms with Gasteiger partial charge in [-0.2, -0.15) is 0 Å². The summed E-state index contributed by atoms with van der Waals surface area (Å²) in [6, 6.07) is 8.47. The molecule has 0 N–H and O–H groups in total. The first-order valence-corrected chi connectivity index (χ1v) is 5.98. The van der Waals surface area contributed by atoms with Crippen LogP contribution in [0.25, 0.3) is 0 Å². The molecular weight excluding hydrogens is 212 g/mol. The molecule has 0 aliphatic carbocycles. The van der Waals surface area contributed by atoms with E-state index in [1.165, 1.54) is 11.1 Å². The molecule has 0 fully saturated rings. The SMILES string of the molecule is [CH2]CC(=O)OCCc1ccc(C(C)(C)C)cc1. The van der Waals surface area contributed by atoms with Gasteiger partial charge in [-0.3, -0.25) is 4.79 Å². The van der Waals surface area contributed by atoms with Crippen LogP contribution in [0.2, 0.25) is 0 Å². The third-order valence-corrected chi connectivity index (χ3v) is 2.68. The minimum Gasteiger partial charge on any atom is -0.465 e. The van der Waals surface area contributed by atoms with Crippen LogP contribution in [-0.4, -0.2) is 12.6 Å². The van der Waals surface area contributed by atoms with E-state index in [0.717, 1.165) is 6.42 Å². The summed E-state index contributed by atoms with van der Waals surface area (Å²) >= 11 is 0. The number of esters is 1. The Labute approximate surface area is 104 Å². The molecule has 0 unspecified atom stereocenters. The largest absolute Gasteiger partial charge is 0.465 e. The van der Waals surface area contributed by atoms with Crippen LogP contribution in [-0.2, 0) is 21.4 Å². The van der Waals surface area contributed by atoms with E-state index in [4.69, 9.17) is 4.74 Å². The smallest absolute Gasteiger partial charge is 0.305 e. The Morgan fingerprint density at radius 3 is 2.29 bits per heavy atom. The van der Waals surface area contributed by atoms with Gasteiger partial charge >= 0.3 is 5.97 Å². The molecule has 2 nitrogen and oxygen atoms in total. The molecular formula is C15H21O2. The fraction of sp³-hybridized carbons (Fsp3) is 0.467. The summed E-state index contributed by atoms with van der Waals surface area (Å²) in [6.45, 7) is 10.5. The highest BCUT2D eigenvalue weighted by atomic mass is 16.5. The average Bonchev–Trinajstić information content (AvgIpc) is 2.28. The van der Waals surface area contributed by atoms with Crippen molar-refractivity contribution < 1.29 is 9.53 Å². The second kappa shape index (κ2) is 5.85. The summed E-state index contributed by atoms with van der Waals surface area (Å²) in [6.07, 6.45) is 0.957. The number of hydrogen-bond acceptors (Lipinski definition) is 2. The van der Waals surface area contributed by atoms with Gasteiger partial charge in [0.25, 0.3) is 0 Å². The van der Waals surface area contributed by atoms with Crippen LogP contribution in [0.4, 0.5) is 0 Å². The predicted molar refractivity (Wildman–Crippen MR) is 69.8 cm³/mol. The first kappa shape index (κ1) is 13.8. The number of ether oxygens (including phenoxy) is 1. The normalized spacial score (nSPS) is 11.3. The van der Waals surface area contributed by atoms with E-state index in [0.29, 0.717) is 6.61 Å². The lowest BCUT2D eigenvalue weighted by Gasteiger charge is -2.19. The molecule has 0 atom stereocenters. The maximum Gasteiger partial charge on any atom is 0.305 e. The van der Waals surface area contributed by atoms with Crippen molar-refractivity contribution in [1.29, 1.82) is 0 Å². The van der Waals surface area contributed by atoms with Gasteiger partial charge in [-0.05, 0) is 23.5 Å². The zero-order valence-corrected chi connectivity index (χ0v) is 11.0. The topological polar surface area (TPSA) is 26.3 Å². The maximum atomic E-state index is 10.9. The lowest BCUT2D eigenvalue weighted by atomic mass is 9.86. The molecule has 0 bridgehead atoms. The molecule has 1 radical (unpaired) electrons. The quantitative estimate of drug-likeness (QED) is 0.746. The van der Waals surface area contributed by atoms with Crippen LogP contribution in [0.15, 0.2) is 24.3 Å². The summed E-state index contributed by atoms with van der Waals surface area (Å²) in [4.78, 5) is 10.9. The number of benzene rings is 1. The van der Waals surface area contributed by atoms with Gasteiger partial charge in [0, 0.05) is 12.8 Å². The first-order valence-electron chi connectivity index (χ1n) is 5.98. The zero-order chi connectivity index (χ0) is 12.9. The van der Waals surface area contributed by atoms with Crippen LogP contribution in [0, 0.1) is 6.92 Å². The molecule has 1 aromatic rings. The van der Waals surface area contributed by atoms with Crippen molar-refractivity contribution in [1.82, 2.24) is 0 Å². The van der Waals surface area contributed by atoms with Crippen LogP contribution >= 0.6 is 0 Å². The lowest BCUT2D eigenvalue weighted by molar-refractivity contribution is -0.142. The van der Waals surface area contributed by atoms with Crippen molar-refractivity contribution in [2.75, 3.05) is 6.61 Å². The minimum atomic E-state index is -0.240. The third kappa shape index (κ3) is 4.59. The lowest BCUT2D eigenvalue weighted by Crippen LogP contribution is -2.11. The molecule has 0 saturated heterocycles. The van der Waals surface area contributed by atoms with Gasteiger partial charge in [0.1, 0.15) is 0 Å². The van der Waals surface area contributed by atoms with E-state index in [-0.39, 0.29) is 17.8 Å². The molecule has 1 aromatic carbocycles. The Hall–Kier alpha value is -1.31. The molecule has 2 heteroatoms. The predicted octanol–water partition coefficient (Wildman–Crippen LogP) is 3.29. The standard InChI is InChI=1S/C15H21O2/c1-5-14(16)17-11-10-12-6-8-13(9-7-12)15(2,3)4/h6-9H,1,5,10-11H2,2-4H3. The Morgan fingerprint density at radius 1 is 1.24 bits per heavy atom. The van der Waals surface area contributed by atoms with E-state index in [1.807, 2.05) is 0 Å². The summed E-state index contributed by atoms with van der Waals surface area (Å²) < 4.78 is 4.99. The van der Waals surface area contributed by atoms with E-state index in [2.05, 4.69) is 52.0 Å². The first-order chi connectivity index (χ1) is 7.93.